The lowest BCUT2D eigenvalue weighted by Gasteiger charge is -2.34. The molecule has 0 unspecified atom stereocenters. The summed E-state index contributed by atoms with van der Waals surface area (Å²) in [4.78, 5) is 41.1. The molecule has 1 saturated heterocycles. The second kappa shape index (κ2) is 13.3. The Morgan fingerprint density at radius 2 is 1.74 bits per heavy atom. The molecule has 2 N–H and O–H groups in total. The molecule has 3 heterocycles. The molecule has 2 atom stereocenters. The van der Waals surface area contributed by atoms with Gasteiger partial charge >= 0.3 is 12.1 Å². The van der Waals surface area contributed by atoms with E-state index < -0.39 is 88.0 Å². The zero-order valence-corrected chi connectivity index (χ0v) is 26.2. The van der Waals surface area contributed by atoms with Crippen LogP contribution in [-0.2, 0) is 22.2 Å². The average molecular weight is 704 g/mol. The standard InChI is InChI=1S/C35H28F7N3O5/c1-17-3-2-4-28-31(17)19-9-23(32(39)26(38)10-19)27(13-30(47)48)43-34(49)33(22-11-21(50-28)5-6-25(22)37)45-14-18(7-8-44-15-20(36)16-44)24(12-29(45)46)35(40,41)42/h2-6,9-12,14,20,27,33H,7-8,13,15-16H2,1H3,(H,43,49)(H,47,48)/t27-,33+/m1/s1. The minimum atomic E-state index is -5.01. The molecule has 0 aliphatic carbocycles. The van der Waals surface area contributed by atoms with Crippen molar-refractivity contribution in [3.8, 4) is 22.6 Å². The van der Waals surface area contributed by atoms with E-state index in [0.29, 0.717) is 10.1 Å². The average Bonchev–Trinajstić information content (AvgIpc) is 3.02. The molecule has 6 rings (SSSR count). The highest BCUT2D eigenvalue weighted by molar-refractivity contribution is 5.85. The fourth-order valence-electron chi connectivity index (χ4n) is 6.33. The number of carbonyl (C=O) groups is 2. The normalized spacial score (nSPS) is 18.1. The summed E-state index contributed by atoms with van der Waals surface area (Å²) in [5.74, 6) is -6.85. The lowest BCUT2D eigenvalue weighted by Crippen LogP contribution is -2.49. The SMILES string of the molecule is Cc1cccc2c1-c1cc(F)c(F)c(c1)[C@@H](CC(=O)O)NC(=O)[C@@H](n1cc(CCN3CC(F)C3)c(C(F)(F)F)cc1=O)c1cc(ccc1F)O2. The quantitative estimate of drug-likeness (QED) is 0.223. The van der Waals surface area contributed by atoms with Crippen molar-refractivity contribution in [3.05, 3.63) is 116 Å². The summed E-state index contributed by atoms with van der Waals surface area (Å²) >= 11 is 0. The molecule has 4 aromatic rings. The maximum atomic E-state index is 15.8. The summed E-state index contributed by atoms with van der Waals surface area (Å²) in [6, 6.07) is 6.22. The van der Waals surface area contributed by atoms with Crippen LogP contribution in [0.4, 0.5) is 30.7 Å². The molecule has 1 fully saturated rings. The number of fused-ring (bicyclic) bond motifs is 6. The largest absolute Gasteiger partial charge is 0.481 e. The smallest absolute Gasteiger partial charge is 0.416 e. The number of amides is 1. The predicted octanol–water partition coefficient (Wildman–Crippen LogP) is 6.48. The number of likely N-dealkylation sites (tertiary alicyclic amines) is 1. The van der Waals surface area contributed by atoms with Crippen molar-refractivity contribution < 1.29 is 50.2 Å². The molecule has 0 spiro atoms. The third-order valence-electron chi connectivity index (χ3n) is 8.75. The summed E-state index contributed by atoms with van der Waals surface area (Å²) in [7, 11) is 0. The number of carbonyl (C=O) groups excluding carboxylic acids is 1. The number of halogens is 7. The molecule has 0 saturated carbocycles. The number of aryl methyl sites for hydroxylation is 1. The van der Waals surface area contributed by atoms with Gasteiger partial charge in [0.15, 0.2) is 11.6 Å². The van der Waals surface area contributed by atoms with E-state index in [4.69, 9.17) is 4.74 Å². The van der Waals surface area contributed by atoms with Crippen LogP contribution < -0.4 is 15.6 Å². The highest BCUT2D eigenvalue weighted by Gasteiger charge is 2.38. The molecule has 1 aromatic heterocycles. The number of hydrogen-bond donors (Lipinski definition) is 2. The Morgan fingerprint density at radius 1 is 1.00 bits per heavy atom. The monoisotopic (exact) mass is 703 g/mol. The van der Waals surface area contributed by atoms with Gasteiger partial charge in [-0.05, 0) is 66.4 Å². The van der Waals surface area contributed by atoms with Gasteiger partial charge in [0.2, 0.25) is 5.91 Å². The zero-order chi connectivity index (χ0) is 36.1. The molecule has 0 radical (unpaired) electrons. The Hall–Kier alpha value is -5.18. The van der Waals surface area contributed by atoms with E-state index in [0.717, 1.165) is 30.5 Å². The van der Waals surface area contributed by atoms with E-state index in [9.17, 15) is 37.1 Å². The number of alkyl halides is 4. The number of rotatable bonds is 6. The van der Waals surface area contributed by atoms with Crippen LogP contribution in [0, 0.1) is 24.4 Å². The van der Waals surface area contributed by atoms with Crippen LogP contribution in [0.1, 0.15) is 46.3 Å². The Labute approximate surface area is 279 Å². The summed E-state index contributed by atoms with van der Waals surface area (Å²) < 4.78 is 109. The van der Waals surface area contributed by atoms with Crippen LogP contribution in [-0.4, -0.2) is 52.3 Å². The van der Waals surface area contributed by atoms with Gasteiger partial charge in [0.05, 0.1) is 18.0 Å². The van der Waals surface area contributed by atoms with Crippen molar-refractivity contribution in [2.24, 2.45) is 0 Å². The van der Waals surface area contributed by atoms with Crippen molar-refractivity contribution in [1.29, 1.82) is 0 Å². The van der Waals surface area contributed by atoms with Crippen molar-refractivity contribution in [1.82, 2.24) is 14.8 Å². The first-order chi connectivity index (χ1) is 23.6. The topological polar surface area (TPSA) is 101 Å². The molecular weight excluding hydrogens is 675 g/mol. The molecular formula is C35H28F7N3O5. The third kappa shape index (κ3) is 6.82. The second-order valence-corrected chi connectivity index (χ2v) is 12.2. The van der Waals surface area contributed by atoms with Gasteiger partial charge in [0.25, 0.3) is 5.56 Å². The number of carboxylic acids is 1. The van der Waals surface area contributed by atoms with Crippen LogP contribution in [0.15, 0.2) is 65.6 Å². The number of nitrogens with one attached hydrogen (secondary N) is 1. The minimum absolute atomic E-state index is 0.00397. The summed E-state index contributed by atoms with van der Waals surface area (Å²) in [5, 5.41) is 12.0. The number of hydrogen-bond acceptors (Lipinski definition) is 5. The molecule has 262 valence electrons. The van der Waals surface area contributed by atoms with E-state index in [1.54, 1.807) is 24.0 Å². The Balaban J connectivity index is 1.58. The van der Waals surface area contributed by atoms with Gasteiger partial charge in [-0.15, -0.1) is 0 Å². The van der Waals surface area contributed by atoms with Crippen molar-refractivity contribution in [2.75, 3.05) is 19.6 Å². The Bertz CT molecular complexity index is 2060. The fraction of sp³-hybridized carbons (Fsp3) is 0.286. The van der Waals surface area contributed by atoms with Gasteiger partial charge in [0, 0.05) is 48.6 Å². The highest BCUT2D eigenvalue weighted by Crippen LogP contribution is 2.40. The summed E-state index contributed by atoms with van der Waals surface area (Å²) in [6.45, 7) is 1.61. The first-order valence-electron chi connectivity index (χ1n) is 15.4. The van der Waals surface area contributed by atoms with Gasteiger partial charge in [-0.1, -0.05) is 12.1 Å². The third-order valence-corrected chi connectivity index (χ3v) is 8.75. The van der Waals surface area contributed by atoms with Gasteiger partial charge in [-0.2, -0.15) is 13.2 Å². The van der Waals surface area contributed by atoms with E-state index >= 15 is 13.2 Å². The number of ether oxygens (including phenoxy) is 1. The van der Waals surface area contributed by atoms with Crippen LogP contribution in [0.3, 0.4) is 0 Å². The molecule has 2 aliphatic rings. The van der Waals surface area contributed by atoms with Crippen molar-refractivity contribution in [2.45, 2.75) is 44.2 Å². The first kappa shape index (κ1) is 34.7. The van der Waals surface area contributed by atoms with Crippen molar-refractivity contribution in [3.63, 3.8) is 0 Å². The number of pyridine rings is 1. The van der Waals surface area contributed by atoms with Gasteiger partial charge in [-0.25, -0.2) is 17.6 Å². The summed E-state index contributed by atoms with van der Waals surface area (Å²) in [6.07, 6.45) is -6.74. The predicted molar refractivity (Wildman–Crippen MR) is 165 cm³/mol. The van der Waals surface area contributed by atoms with E-state index in [1.807, 2.05) is 0 Å². The fourth-order valence-corrected chi connectivity index (χ4v) is 6.33. The maximum Gasteiger partial charge on any atom is 0.416 e. The summed E-state index contributed by atoms with van der Waals surface area (Å²) in [5.41, 5.74) is -3.47. The van der Waals surface area contributed by atoms with E-state index in [-0.39, 0.29) is 54.7 Å². The molecule has 2 aliphatic heterocycles. The number of carboxylic acid groups (broad SMARTS) is 1. The van der Waals surface area contributed by atoms with Gasteiger partial charge in [-0.3, -0.25) is 23.9 Å². The van der Waals surface area contributed by atoms with Crippen molar-refractivity contribution >= 4 is 11.9 Å². The van der Waals surface area contributed by atoms with Gasteiger partial charge in [0.1, 0.15) is 29.5 Å². The number of benzene rings is 3. The number of nitrogens with zero attached hydrogens (tertiary/aromatic N) is 2. The first-order valence-corrected chi connectivity index (χ1v) is 15.4. The number of aliphatic carboxylic acids is 1. The molecule has 4 bridgehead atoms. The van der Waals surface area contributed by atoms with E-state index in [1.165, 1.54) is 12.1 Å². The lowest BCUT2D eigenvalue weighted by atomic mass is 9.93. The molecule has 50 heavy (non-hydrogen) atoms. The Morgan fingerprint density at radius 3 is 2.42 bits per heavy atom. The molecule has 15 heteroatoms. The molecule has 1 amide bonds. The van der Waals surface area contributed by atoms with Crippen LogP contribution in [0.2, 0.25) is 0 Å². The van der Waals surface area contributed by atoms with Crippen LogP contribution in [0.5, 0.6) is 11.5 Å². The molecule has 3 aromatic carbocycles. The van der Waals surface area contributed by atoms with E-state index in [2.05, 4.69) is 5.32 Å². The minimum Gasteiger partial charge on any atom is -0.481 e. The number of aromatic nitrogens is 1. The highest BCUT2D eigenvalue weighted by atomic mass is 19.4. The van der Waals surface area contributed by atoms with Crippen LogP contribution in [0.25, 0.3) is 11.1 Å². The van der Waals surface area contributed by atoms with Crippen LogP contribution >= 0.6 is 0 Å². The zero-order valence-electron chi connectivity index (χ0n) is 26.2. The second-order valence-electron chi connectivity index (χ2n) is 12.2. The lowest BCUT2D eigenvalue weighted by molar-refractivity contribution is -0.139. The Kier molecular flexibility index (Phi) is 9.20. The maximum absolute atomic E-state index is 15.8. The van der Waals surface area contributed by atoms with Gasteiger partial charge < -0.3 is 15.2 Å². The molecule has 8 nitrogen and oxygen atoms in total.